The number of rotatable bonds is 12. The Kier molecular flexibility index (Phi) is 12.0. The molecule has 1 aliphatic rings. The molecule has 1 aromatic heterocycles. The molecule has 2 heterocycles. The van der Waals surface area contributed by atoms with Crippen molar-refractivity contribution in [1.82, 2.24) is 0 Å². The van der Waals surface area contributed by atoms with Gasteiger partial charge in [-0.1, -0.05) is 78.9 Å². The summed E-state index contributed by atoms with van der Waals surface area (Å²) in [4.78, 5) is 1.90. The molecular weight excluding hydrogens is 696 g/mol. The van der Waals surface area contributed by atoms with E-state index in [0.717, 1.165) is 48.4 Å². The van der Waals surface area contributed by atoms with Gasteiger partial charge in [0.2, 0.25) is 11.4 Å². The van der Waals surface area contributed by atoms with Crippen LogP contribution in [0.4, 0.5) is 5.69 Å². The molecule has 1 aliphatic heterocycles. The number of thiazole rings is 1. The number of ether oxygens (including phenoxy) is 1. The predicted molar refractivity (Wildman–Crippen MR) is 184 cm³/mol. The average molecular weight is 729 g/mol. The Hall–Kier alpha value is -2.43. The van der Waals surface area contributed by atoms with Crippen molar-refractivity contribution in [1.29, 1.82) is 0 Å². The van der Waals surface area contributed by atoms with Crippen molar-refractivity contribution in [3.8, 4) is 16.9 Å². The number of allylic oxidation sites excluding steroid dienone is 2. The molecule has 244 valence electrons. The minimum absolute atomic E-state index is 0. The van der Waals surface area contributed by atoms with Crippen molar-refractivity contribution in [3.63, 3.8) is 0 Å². The van der Waals surface area contributed by atoms with E-state index in [2.05, 4.69) is 16.7 Å². The summed E-state index contributed by atoms with van der Waals surface area (Å²) in [5, 5.41) is 2.98. The van der Waals surface area contributed by atoms with Crippen molar-refractivity contribution in [2.45, 2.75) is 32.7 Å². The molecule has 0 radical (unpaired) electrons. The van der Waals surface area contributed by atoms with Crippen LogP contribution in [0.1, 0.15) is 31.2 Å². The van der Waals surface area contributed by atoms with Gasteiger partial charge in [0.25, 0.3) is 5.01 Å². The van der Waals surface area contributed by atoms with Gasteiger partial charge in [0.1, 0.15) is 4.70 Å². The fourth-order valence-corrected chi connectivity index (χ4v) is 7.96. The zero-order valence-corrected chi connectivity index (χ0v) is 32.2. The molecule has 0 amide bonds. The fourth-order valence-electron chi connectivity index (χ4n) is 5.81. The van der Waals surface area contributed by atoms with E-state index in [0.29, 0.717) is 24.6 Å². The SMILES string of the molecule is CCC(/C=C1\Oc2ccc(-c3ccccc3)cc2N1CCCS(=O)(=O)[O-])=C\c1sc2ccc3ccccc3c2[n+]1CCCS(=O)(=O)[O-].[K+]. The van der Waals surface area contributed by atoms with Crippen LogP contribution < -0.4 is 65.6 Å². The molecule has 0 saturated heterocycles. The molecule has 13 heteroatoms. The molecule has 9 nitrogen and oxygen atoms in total. The van der Waals surface area contributed by atoms with E-state index >= 15 is 0 Å². The van der Waals surface area contributed by atoms with Crippen LogP contribution in [0, 0.1) is 0 Å². The normalized spacial score (nSPS) is 14.4. The Morgan fingerprint density at radius 1 is 0.875 bits per heavy atom. The standard InChI is InChI=1S/C35H34N2O7S3.K/c1-2-25(23-34-37(19-9-21-47(41,42)43)35-29-13-7-6-12-27(29)15-17-32(35)45-34)22-33-36(18-8-20-46(38,39)40)30-24-28(14-16-31(30)44-33)26-10-4-3-5-11-26;/h3-7,10-17,22-24H,2,8-9,18-21H2,1H3,(H-,38,39,40,41,42,43);/q;+1/p-1. The van der Waals surface area contributed by atoms with Gasteiger partial charge >= 0.3 is 51.4 Å². The van der Waals surface area contributed by atoms with Crippen molar-refractivity contribution < 1.29 is 86.6 Å². The third-order valence-corrected chi connectivity index (χ3v) is 10.7. The van der Waals surface area contributed by atoms with Crippen molar-refractivity contribution in [2.24, 2.45) is 0 Å². The Morgan fingerprint density at radius 2 is 1.58 bits per heavy atom. The average Bonchev–Trinajstić information content (AvgIpc) is 3.56. The summed E-state index contributed by atoms with van der Waals surface area (Å²) in [7, 11) is -8.75. The smallest absolute Gasteiger partial charge is 0.748 e. The molecule has 0 unspecified atom stereocenters. The maximum absolute atomic E-state index is 11.4. The molecule has 0 N–H and O–H groups in total. The molecule has 48 heavy (non-hydrogen) atoms. The number of nitrogens with zero attached hydrogens (tertiary/aromatic N) is 2. The molecule has 4 aromatic carbocycles. The van der Waals surface area contributed by atoms with Crippen LogP contribution in [0.15, 0.2) is 102 Å². The number of fused-ring (bicyclic) bond motifs is 4. The zero-order valence-electron chi connectivity index (χ0n) is 26.7. The number of benzene rings is 4. The van der Waals surface area contributed by atoms with Gasteiger partial charge in [0, 0.05) is 36.6 Å². The summed E-state index contributed by atoms with van der Waals surface area (Å²) in [5.41, 5.74) is 4.66. The Morgan fingerprint density at radius 3 is 2.31 bits per heavy atom. The van der Waals surface area contributed by atoms with Crippen molar-refractivity contribution in [3.05, 3.63) is 107 Å². The summed E-state index contributed by atoms with van der Waals surface area (Å²) in [5.74, 6) is 0.187. The molecule has 0 spiro atoms. The second-order valence-electron chi connectivity index (χ2n) is 11.3. The van der Waals surface area contributed by atoms with Crippen LogP contribution >= 0.6 is 11.3 Å². The van der Waals surface area contributed by atoms with Gasteiger partial charge in [-0.3, -0.25) is 0 Å². The van der Waals surface area contributed by atoms with Crippen molar-refractivity contribution >= 4 is 64.3 Å². The van der Waals surface area contributed by atoms with Crippen LogP contribution in [0.25, 0.3) is 38.2 Å². The summed E-state index contributed by atoms with van der Waals surface area (Å²) >= 11 is 1.58. The maximum Gasteiger partial charge on any atom is 1.00 e. The number of hydrogen-bond donors (Lipinski definition) is 0. The molecule has 0 aliphatic carbocycles. The van der Waals surface area contributed by atoms with E-state index in [1.807, 2.05) is 96.8 Å². The van der Waals surface area contributed by atoms with Gasteiger partial charge in [-0.15, -0.1) is 0 Å². The first-order valence-corrected chi connectivity index (χ1v) is 19.2. The first-order valence-electron chi connectivity index (χ1n) is 15.3. The molecule has 0 bridgehead atoms. The quantitative estimate of drug-likeness (QED) is 0.109. The summed E-state index contributed by atoms with van der Waals surface area (Å²) < 4.78 is 78.1. The van der Waals surface area contributed by atoms with Gasteiger partial charge in [0.15, 0.2) is 12.3 Å². The molecule has 5 aromatic rings. The van der Waals surface area contributed by atoms with Crippen LogP contribution in [0.2, 0.25) is 0 Å². The fraction of sp³-hybridized carbons (Fsp3) is 0.229. The van der Waals surface area contributed by atoms with Crippen LogP contribution in [0.5, 0.6) is 5.75 Å². The second-order valence-corrected chi connectivity index (χ2v) is 15.4. The van der Waals surface area contributed by atoms with E-state index < -0.39 is 31.7 Å². The zero-order chi connectivity index (χ0) is 33.2. The van der Waals surface area contributed by atoms with Gasteiger partial charge in [0.05, 0.1) is 31.3 Å². The van der Waals surface area contributed by atoms with Gasteiger partial charge in [-0.25, -0.2) is 16.8 Å². The van der Waals surface area contributed by atoms with Gasteiger partial charge < -0.3 is 18.7 Å². The number of anilines is 1. The third-order valence-electron chi connectivity index (χ3n) is 8.03. The number of aromatic nitrogens is 1. The monoisotopic (exact) mass is 728 g/mol. The van der Waals surface area contributed by atoms with E-state index in [9.17, 15) is 25.9 Å². The van der Waals surface area contributed by atoms with Crippen LogP contribution in [-0.2, 0) is 26.8 Å². The van der Waals surface area contributed by atoms with E-state index in [1.165, 1.54) is 0 Å². The summed E-state index contributed by atoms with van der Waals surface area (Å²) in [6, 6.07) is 27.9. The minimum atomic E-state index is -4.39. The summed E-state index contributed by atoms with van der Waals surface area (Å²) in [6.07, 6.45) is 4.89. The molecule has 6 rings (SSSR count). The van der Waals surface area contributed by atoms with Crippen molar-refractivity contribution in [2.75, 3.05) is 23.0 Å². The molecule has 0 atom stereocenters. The summed E-state index contributed by atoms with van der Waals surface area (Å²) in [6.45, 7) is 2.62. The first kappa shape index (κ1) is 36.8. The topological polar surface area (TPSA) is 131 Å². The van der Waals surface area contributed by atoms with Crippen LogP contribution in [0.3, 0.4) is 0 Å². The third kappa shape index (κ3) is 8.83. The minimum Gasteiger partial charge on any atom is -0.748 e. The maximum atomic E-state index is 11.4. The molecule has 0 saturated carbocycles. The Balaban J connectivity index is 0.00000451. The van der Waals surface area contributed by atoms with Gasteiger partial charge in [-0.2, -0.15) is 4.57 Å². The Labute approximate surface area is 327 Å². The van der Waals surface area contributed by atoms with Crippen LogP contribution in [-0.4, -0.2) is 44.0 Å². The molecular formula is C35H33KN2O7S3. The van der Waals surface area contributed by atoms with E-state index in [-0.39, 0.29) is 70.8 Å². The molecule has 0 fully saturated rings. The predicted octanol–water partition coefficient (Wildman–Crippen LogP) is 3.42. The number of hydrogen-bond acceptors (Lipinski definition) is 9. The second kappa shape index (κ2) is 15.6. The largest absolute Gasteiger partial charge is 1.00 e. The van der Waals surface area contributed by atoms with E-state index in [1.54, 1.807) is 11.3 Å². The number of aryl methyl sites for hydroxylation is 1. The Bertz CT molecular complexity index is 2230. The van der Waals surface area contributed by atoms with E-state index in [4.69, 9.17) is 4.74 Å². The first-order chi connectivity index (χ1) is 22.5. The van der Waals surface area contributed by atoms with Gasteiger partial charge in [-0.05, 0) is 59.2 Å².